The third-order valence-corrected chi connectivity index (χ3v) is 5.58. The molecular formula is C21H33N3O. The molecule has 25 heavy (non-hydrogen) atoms. The molecule has 0 bridgehead atoms. The molecule has 1 heterocycles. The number of hydrogen-bond acceptors (Lipinski definition) is 3. The van der Waals surface area contributed by atoms with E-state index in [1.165, 1.54) is 18.4 Å². The van der Waals surface area contributed by atoms with Crippen LogP contribution in [-0.2, 0) is 11.3 Å². The van der Waals surface area contributed by atoms with E-state index >= 15 is 0 Å². The van der Waals surface area contributed by atoms with Gasteiger partial charge in [-0.2, -0.15) is 0 Å². The minimum Gasteiger partial charge on any atom is -0.338 e. The molecular weight excluding hydrogens is 310 g/mol. The van der Waals surface area contributed by atoms with E-state index in [2.05, 4.69) is 40.1 Å². The molecule has 0 radical (unpaired) electrons. The molecule has 4 heteroatoms. The molecule has 1 aliphatic heterocycles. The van der Waals surface area contributed by atoms with Gasteiger partial charge in [0.2, 0.25) is 5.91 Å². The third kappa shape index (κ3) is 5.05. The van der Waals surface area contributed by atoms with Crippen molar-refractivity contribution in [2.75, 3.05) is 19.6 Å². The van der Waals surface area contributed by atoms with Gasteiger partial charge in [-0.1, -0.05) is 44.2 Å². The molecule has 138 valence electrons. The summed E-state index contributed by atoms with van der Waals surface area (Å²) in [7, 11) is 0. The van der Waals surface area contributed by atoms with Crippen LogP contribution in [0.4, 0.5) is 0 Å². The first-order valence-corrected chi connectivity index (χ1v) is 9.87. The van der Waals surface area contributed by atoms with Gasteiger partial charge in [-0.15, -0.1) is 0 Å². The summed E-state index contributed by atoms with van der Waals surface area (Å²) >= 11 is 0. The second-order valence-electron chi connectivity index (χ2n) is 8.22. The lowest BCUT2D eigenvalue weighted by Crippen LogP contribution is -2.50. The predicted molar refractivity (Wildman–Crippen MR) is 102 cm³/mol. The Balaban J connectivity index is 1.57. The molecule has 1 amide bonds. The van der Waals surface area contributed by atoms with Crippen molar-refractivity contribution in [3.63, 3.8) is 0 Å². The van der Waals surface area contributed by atoms with E-state index in [0.29, 0.717) is 12.0 Å². The maximum Gasteiger partial charge on any atom is 0.240 e. The van der Waals surface area contributed by atoms with E-state index < -0.39 is 0 Å². The minimum atomic E-state index is -0.357. The quantitative estimate of drug-likeness (QED) is 0.828. The van der Waals surface area contributed by atoms with E-state index in [4.69, 9.17) is 5.73 Å². The number of nitrogens with zero attached hydrogens (tertiary/aromatic N) is 2. The van der Waals surface area contributed by atoms with Crippen LogP contribution in [0, 0.1) is 11.8 Å². The van der Waals surface area contributed by atoms with Gasteiger partial charge in [-0.3, -0.25) is 9.69 Å². The summed E-state index contributed by atoms with van der Waals surface area (Å²) in [4.78, 5) is 17.5. The van der Waals surface area contributed by atoms with Crippen molar-refractivity contribution in [2.24, 2.45) is 17.6 Å². The normalized spacial score (nSPS) is 22.8. The van der Waals surface area contributed by atoms with Crippen LogP contribution in [0.15, 0.2) is 30.3 Å². The molecule has 0 spiro atoms. The van der Waals surface area contributed by atoms with Gasteiger partial charge >= 0.3 is 0 Å². The number of rotatable bonds is 7. The highest BCUT2D eigenvalue weighted by molar-refractivity contribution is 5.82. The molecule has 1 saturated heterocycles. The number of amides is 1. The molecule has 1 aromatic carbocycles. The molecule has 0 unspecified atom stereocenters. The largest absolute Gasteiger partial charge is 0.338 e. The number of nitrogens with two attached hydrogens (primary N) is 1. The van der Waals surface area contributed by atoms with E-state index in [-0.39, 0.29) is 17.9 Å². The van der Waals surface area contributed by atoms with Gasteiger partial charge in [0.1, 0.15) is 0 Å². The molecule has 2 fully saturated rings. The van der Waals surface area contributed by atoms with Crippen LogP contribution in [0.3, 0.4) is 0 Å². The number of hydrogen-bond donors (Lipinski definition) is 1. The Morgan fingerprint density at radius 3 is 2.60 bits per heavy atom. The van der Waals surface area contributed by atoms with Crippen LogP contribution in [0.5, 0.6) is 0 Å². The average molecular weight is 344 g/mol. The highest BCUT2D eigenvalue weighted by atomic mass is 16.2. The van der Waals surface area contributed by atoms with Gasteiger partial charge in [0, 0.05) is 25.7 Å². The Bertz CT molecular complexity index is 556. The molecule has 4 nitrogen and oxygen atoms in total. The standard InChI is InChI=1S/C21H33N3O/c1-16(2)20(22)21(25)24(19-10-11-19)15-18-9-6-12-23(14-18)13-17-7-4-3-5-8-17/h3-5,7-8,16,18-20H,6,9-15,22H2,1-2H3/t18-,20-/m0/s1. The Morgan fingerprint density at radius 1 is 1.24 bits per heavy atom. The fraction of sp³-hybridized carbons (Fsp3) is 0.667. The molecule has 2 N–H and O–H groups in total. The molecule has 2 atom stereocenters. The maximum atomic E-state index is 12.8. The number of likely N-dealkylation sites (tertiary alicyclic amines) is 1. The molecule has 0 aromatic heterocycles. The first-order valence-electron chi connectivity index (χ1n) is 9.87. The summed E-state index contributed by atoms with van der Waals surface area (Å²) in [6, 6.07) is 10.8. The number of piperidine rings is 1. The van der Waals surface area contributed by atoms with Gasteiger partial charge in [-0.05, 0) is 49.6 Å². The molecule has 1 aromatic rings. The van der Waals surface area contributed by atoms with E-state index in [1.807, 2.05) is 13.8 Å². The Kier molecular flexibility index (Phi) is 6.13. The van der Waals surface area contributed by atoms with Crippen LogP contribution >= 0.6 is 0 Å². The highest BCUT2D eigenvalue weighted by Gasteiger charge is 2.37. The van der Waals surface area contributed by atoms with Gasteiger partial charge in [-0.25, -0.2) is 0 Å². The minimum absolute atomic E-state index is 0.165. The van der Waals surface area contributed by atoms with E-state index in [0.717, 1.165) is 39.0 Å². The number of carbonyl (C=O) groups excluding carboxylic acids is 1. The summed E-state index contributed by atoms with van der Waals surface area (Å²) in [6.45, 7) is 8.22. The number of benzene rings is 1. The molecule has 2 aliphatic rings. The lowest BCUT2D eigenvalue weighted by atomic mass is 9.95. The second kappa shape index (κ2) is 8.33. The fourth-order valence-electron chi connectivity index (χ4n) is 3.85. The first kappa shape index (κ1) is 18.4. The number of carbonyl (C=O) groups is 1. The average Bonchev–Trinajstić information content (AvgIpc) is 3.44. The Hall–Kier alpha value is -1.39. The van der Waals surface area contributed by atoms with Gasteiger partial charge in [0.15, 0.2) is 0 Å². The Morgan fingerprint density at radius 2 is 1.96 bits per heavy atom. The summed E-state index contributed by atoms with van der Waals surface area (Å²) < 4.78 is 0. The molecule has 3 rings (SSSR count). The predicted octanol–water partition coefficient (Wildman–Crippen LogP) is 2.87. The zero-order valence-corrected chi connectivity index (χ0v) is 15.7. The summed E-state index contributed by atoms with van der Waals surface area (Å²) in [5.74, 6) is 0.939. The van der Waals surface area contributed by atoms with Crippen LogP contribution < -0.4 is 5.73 Å². The van der Waals surface area contributed by atoms with Crippen molar-refractivity contribution < 1.29 is 4.79 Å². The topological polar surface area (TPSA) is 49.6 Å². The van der Waals surface area contributed by atoms with Crippen LogP contribution in [0.1, 0.15) is 45.1 Å². The van der Waals surface area contributed by atoms with Gasteiger partial charge in [0.05, 0.1) is 6.04 Å². The van der Waals surface area contributed by atoms with E-state index in [1.54, 1.807) is 0 Å². The van der Waals surface area contributed by atoms with Crippen molar-refractivity contribution in [1.29, 1.82) is 0 Å². The molecule has 1 saturated carbocycles. The van der Waals surface area contributed by atoms with Crippen molar-refractivity contribution >= 4 is 5.91 Å². The van der Waals surface area contributed by atoms with Crippen LogP contribution in [-0.4, -0.2) is 47.4 Å². The van der Waals surface area contributed by atoms with Gasteiger partial charge in [0.25, 0.3) is 0 Å². The summed E-state index contributed by atoms with van der Waals surface area (Å²) in [6.07, 6.45) is 4.74. The Labute approximate surface area is 152 Å². The second-order valence-corrected chi connectivity index (χ2v) is 8.22. The van der Waals surface area contributed by atoms with E-state index in [9.17, 15) is 4.79 Å². The smallest absolute Gasteiger partial charge is 0.240 e. The van der Waals surface area contributed by atoms with Crippen molar-refractivity contribution in [1.82, 2.24) is 9.80 Å². The van der Waals surface area contributed by atoms with Crippen LogP contribution in [0.25, 0.3) is 0 Å². The SMILES string of the molecule is CC(C)[C@H](N)C(=O)N(C[C@H]1CCCN(Cc2ccccc2)C1)C1CC1. The zero-order valence-electron chi connectivity index (χ0n) is 15.7. The highest BCUT2D eigenvalue weighted by Crippen LogP contribution is 2.30. The van der Waals surface area contributed by atoms with Crippen molar-refractivity contribution in [2.45, 2.75) is 58.2 Å². The molecule has 1 aliphatic carbocycles. The lowest BCUT2D eigenvalue weighted by molar-refractivity contribution is -0.135. The third-order valence-electron chi connectivity index (χ3n) is 5.58. The maximum absolute atomic E-state index is 12.8. The van der Waals surface area contributed by atoms with Gasteiger partial charge < -0.3 is 10.6 Å². The first-order chi connectivity index (χ1) is 12.0. The van der Waals surface area contributed by atoms with Crippen molar-refractivity contribution in [3.05, 3.63) is 35.9 Å². The zero-order chi connectivity index (χ0) is 17.8. The monoisotopic (exact) mass is 343 g/mol. The van der Waals surface area contributed by atoms with Crippen molar-refractivity contribution in [3.8, 4) is 0 Å². The summed E-state index contributed by atoms with van der Waals surface area (Å²) in [5.41, 5.74) is 7.53. The fourth-order valence-corrected chi connectivity index (χ4v) is 3.85. The lowest BCUT2D eigenvalue weighted by Gasteiger charge is -2.37. The summed E-state index contributed by atoms with van der Waals surface area (Å²) in [5, 5.41) is 0. The van der Waals surface area contributed by atoms with Crippen LogP contribution in [0.2, 0.25) is 0 Å².